The lowest BCUT2D eigenvalue weighted by atomic mass is 10.2. The van der Waals surface area contributed by atoms with Crippen LogP contribution in [-0.4, -0.2) is 17.2 Å². The third kappa shape index (κ3) is 2.85. The Bertz CT molecular complexity index is 539. The molecular formula is C13H16FN3S. The van der Waals surface area contributed by atoms with E-state index < -0.39 is 0 Å². The SMILES string of the molecule is CCc1cc(N(C)Cc2cc(F)ccc2S)n[nH]1. The number of benzene rings is 1. The number of hydrogen-bond acceptors (Lipinski definition) is 3. The number of anilines is 1. The van der Waals surface area contributed by atoms with Crippen LogP contribution in [-0.2, 0) is 13.0 Å². The molecule has 0 spiro atoms. The van der Waals surface area contributed by atoms with Crippen molar-refractivity contribution in [3.8, 4) is 0 Å². The summed E-state index contributed by atoms with van der Waals surface area (Å²) in [4.78, 5) is 2.75. The van der Waals surface area contributed by atoms with Gasteiger partial charge in [-0.2, -0.15) is 5.10 Å². The van der Waals surface area contributed by atoms with E-state index in [0.717, 1.165) is 28.4 Å². The maximum Gasteiger partial charge on any atom is 0.150 e. The van der Waals surface area contributed by atoms with Crippen LogP contribution in [0, 0.1) is 5.82 Å². The van der Waals surface area contributed by atoms with Gasteiger partial charge in [0.25, 0.3) is 0 Å². The van der Waals surface area contributed by atoms with Gasteiger partial charge in [0.15, 0.2) is 5.82 Å². The zero-order valence-electron chi connectivity index (χ0n) is 10.4. The molecule has 0 bridgehead atoms. The monoisotopic (exact) mass is 265 g/mol. The molecule has 0 unspecified atom stereocenters. The first-order valence-corrected chi connectivity index (χ1v) is 6.27. The zero-order valence-corrected chi connectivity index (χ0v) is 11.3. The molecule has 0 aliphatic carbocycles. The third-order valence-corrected chi connectivity index (χ3v) is 3.27. The smallest absolute Gasteiger partial charge is 0.150 e. The Balaban J connectivity index is 2.15. The van der Waals surface area contributed by atoms with E-state index in [1.165, 1.54) is 12.1 Å². The van der Waals surface area contributed by atoms with Crippen LogP contribution in [0.15, 0.2) is 29.2 Å². The highest BCUT2D eigenvalue weighted by Gasteiger charge is 2.09. The number of thiol groups is 1. The fraction of sp³-hybridized carbons (Fsp3) is 0.308. The Morgan fingerprint density at radius 1 is 1.39 bits per heavy atom. The molecular weight excluding hydrogens is 249 g/mol. The molecule has 0 aliphatic rings. The number of hydrogen-bond donors (Lipinski definition) is 2. The van der Waals surface area contributed by atoms with Crippen molar-refractivity contribution in [1.29, 1.82) is 0 Å². The number of H-pyrrole nitrogens is 1. The molecule has 1 aromatic heterocycles. The Hall–Kier alpha value is -1.49. The highest BCUT2D eigenvalue weighted by atomic mass is 32.1. The topological polar surface area (TPSA) is 31.9 Å². The van der Waals surface area contributed by atoms with Crippen molar-refractivity contribution in [2.24, 2.45) is 0 Å². The van der Waals surface area contributed by atoms with Gasteiger partial charge in [0.1, 0.15) is 5.82 Å². The van der Waals surface area contributed by atoms with Crippen molar-refractivity contribution in [3.63, 3.8) is 0 Å². The highest BCUT2D eigenvalue weighted by molar-refractivity contribution is 7.80. The molecule has 0 amide bonds. The largest absolute Gasteiger partial charge is 0.354 e. The molecule has 3 nitrogen and oxygen atoms in total. The van der Waals surface area contributed by atoms with Crippen LogP contribution in [0.2, 0.25) is 0 Å². The average molecular weight is 265 g/mol. The first-order valence-electron chi connectivity index (χ1n) is 5.83. The lowest BCUT2D eigenvalue weighted by Gasteiger charge is -2.17. The molecule has 0 fully saturated rings. The lowest BCUT2D eigenvalue weighted by molar-refractivity contribution is 0.623. The van der Waals surface area contributed by atoms with E-state index in [2.05, 4.69) is 29.7 Å². The van der Waals surface area contributed by atoms with E-state index in [4.69, 9.17) is 0 Å². The van der Waals surface area contributed by atoms with Gasteiger partial charge in [-0.1, -0.05) is 6.92 Å². The Morgan fingerprint density at radius 2 is 2.17 bits per heavy atom. The standard InChI is InChI=1S/C13H16FN3S/c1-3-11-7-13(16-15-11)17(2)8-9-6-10(14)4-5-12(9)18/h4-7,18H,3,8H2,1-2H3,(H,15,16). The summed E-state index contributed by atoms with van der Waals surface area (Å²) in [6, 6.07) is 6.59. The predicted molar refractivity (Wildman–Crippen MR) is 73.7 cm³/mol. The van der Waals surface area contributed by atoms with Crippen LogP contribution in [0.25, 0.3) is 0 Å². The Kier molecular flexibility index (Phi) is 3.91. The number of nitrogens with zero attached hydrogens (tertiary/aromatic N) is 2. The summed E-state index contributed by atoms with van der Waals surface area (Å²) in [5.41, 5.74) is 1.93. The van der Waals surface area contributed by atoms with Crippen LogP contribution < -0.4 is 4.90 Å². The number of nitrogens with one attached hydrogen (secondary N) is 1. The van der Waals surface area contributed by atoms with Gasteiger partial charge >= 0.3 is 0 Å². The molecule has 0 saturated carbocycles. The molecule has 1 aromatic carbocycles. The second-order valence-electron chi connectivity index (χ2n) is 4.23. The first kappa shape index (κ1) is 13.0. The zero-order chi connectivity index (χ0) is 13.1. The molecule has 0 atom stereocenters. The molecule has 0 aliphatic heterocycles. The molecule has 0 saturated heterocycles. The minimum Gasteiger partial charge on any atom is -0.354 e. The predicted octanol–water partition coefficient (Wildman–Crippen LogP) is 3.04. The second kappa shape index (κ2) is 5.44. The number of rotatable bonds is 4. The van der Waals surface area contributed by atoms with Gasteiger partial charge in [0.05, 0.1) is 0 Å². The molecule has 1 N–H and O–H groups in total. The minimum absolute atomic E-state index is 0.243. The van der Waals surface area contributed by atoms with Crippen LogP contribution in [0.4, 0.5) is 10.2 Å². The van der Waals surface area contributed by atoms with E-state index in [0.29, 0.717) is 6.54 Å². The average Bonchev–Trinajstić information content (AvgIpc) is 2.82. The summed E-state index contributed by atoms with van der Waals surface area (Å²) < 4.78 is 13.2. The van der Waals surface area contributed by atoms with E-state index in [1.54, 1.807) is 6.07 Å². The summed E-state index contributed by atoms with van der Waals surface area (Å²) in [6.45, 7) is 2.64. The van der Waals surface area contributed by atoms with Gasteiger partial charge in [0.2, 0.25) is 0 Å². The maximum atomic E-state index is 13.2. The fourth-order valence-corrected chi connectivity index (χ4v) is 1.95. The van der Waals surface area contributed by atoms with Gasteiger partial charge in [0, 0.05) is 30.2 Å². The van der Waals surface area contributed by atoms with Gasteiger partial charge in [-0.3, -0.25) is 5.10 Å². The van der Waals surface area contributed by atoms with Crippen molar-refractivity contribution >= 4 is 18.4 Å². The quantitative estimate of drug-likeness (QED) is 0.833. The summed E-state index contributed by atoms with van der Waals surface area (Å²) in [7, 11) is 1.92. The maximum absolute atomic E-state index is 13.2. The first-order chi connectivity index (χ1) is 8.60. The van der Waals surface area contributed by atoms with E-state index in [9.17, 15) is 4.39 Å². The van der Waals surface area contributed by atoms with Crippen LogP contribution >= 0.6 is 12.6 Å². The van der Waals surface area contributed by atoms with Crippen molar-refractivity contribution in [3.05, 3.63) is 41.3 Å². The normalized spacial score (nSPS) is 10.7. The second-order valence-corrected chi connectivity index (χ2v) is 4.72. The van der Waals surface area contributed by atoms with Gasteiger partial charge in [-0.05, 0) is 30.2 Å². The number of aromatic nitrogens is 2. The van der Waals surface area contributed by atoms with Crippen LogP contribution in [0.1, 0.15) is 18.2 Å². The van der Waals surface area contributed by atoms with E-state index in [1.807, 2.05) is 18.0 Å². The molecule has 18 heavy (non-hydrogen) atoms. The third-order valence-electron chi connectivity index (χ3n) is 2.84. The van der Waals surface area contributed by atoms with Gasteiger partial charge in [-0.25, -0.2) is 4.39 Å². The van der Waals surface area contributed by atoms with E-state index in [-0.39, 0.29) is 5.82 Å². The number of halogens is 1. The molecule has 2 aromatic rings. The summed E-state index contributed by atoms with van der Waals surface area (Å²) in [5, 5.41) is 7.18. The Labute approximate surface area is 111 Å². The van der Waals surface area contributed by atoms with Gasteiger partial charge in [-0.15, -0.1) is 12.6 Å². The van der Waals surface area contributed by atoms with Gasteiger partial charge < -0.3 is 4.90 Å². The van der Waals surface area contributed by atoms with E-state index >= 15 is 0 Å². The van der Waals surface area contributed by atoms with Crippen molar-refractivity contribution in [1.82, 2.24) is 10.2 Å². The minimum atomic E-state index is -0.243. The summed E-state index contributed by atoms with van der Waals surface area (Å²) in [5.74, 6) is 0.608. The molecule has 2 rings (SSSR count). The van der Waals surface area contributed by atoms with Crippen LogP contribution in [0.3, 0.4) is 0 Å². The Morgan fingerprint density at radius 3 is 2.83 bits per heavy atom. The highest BCUT2D eigenvalue weighted by Crippen LogP contribution is 2.19. The molecule has 1 heterocycles. The molecule has 96 valence electrons. The summed E-state index contributed by atoms with van der Waals surface area (Å²) in [6.07, 6.45) is 0.915. The van der Waals surface area contributed by atoms with Crippen molar-refractivity contribution in [2.45, 2.75) is 24.8 Å². The van der Waals surface area contributed by atoms with Crippen molar-refractivity contribution < 1.29 is 4.39 Å². The lowest BCUT2D eigenvalue weighted by Crippen LogP contribution is -2.17. The number of aromatic amines is 1. The molecule has 0 radical (unpaired) electrons. The summed E-state index contributed by atoms with van der Waals surface area (Å²) >= 11 is 4.33. The van der Waals surface area contributed by atoms with Crippen LogP contribution in [0.5, 0.6) is 0 Å². The fourth-order valence-electron chi connectivity index (χ4n) is 1.74. The van der Waals surface area contributed by atoms with Crippen molar-refractivity contribution in [2.75, 3.05) is 11.9 Å². The number of aryl methyl sites for hydroxylation is 1. The molecule has 5 heteroatoms.